The zero-order valence-electron chi connectivity index (χ0n) is 10.2. The summed E-state index contributed by atoms with van der Waals surface area (Å²) in [6, 6.07) is 0. The van der Waals surface area contributed by atoms with Crippen LogP contribution in [-0.2, 0) is 0 Å². The molecule has 1 heterocycles. The number of aromatic nitrogens is 2. The summed E-state index contributed by atoms with van der Waals surface area (Å²) in [5, 5.41) is 12.8. The summed E-state index contributed by atoms with van der Waals surface area (Å²) in [6.45, 7) is 3.85. The largest absolute Gasteiger partial charge is 0.394 e. The van der Waals surface area contributed by atoms with Crippen molar-refractivity contribution in [1.82, 2.24) is 9.97 Å². The van der Waals surface area contributed by atoms with E-state index in [-0.39, 0.29) is 12.1 Å². The van der Waals surface area contributed by atoms with Crippen LogP contribution in [0, 0.1) is 13.8 Å². The minimum atomic E-state index is -0.211. The first-order valence-electron chi connectivity index (χ1n) is 5.81. The Labute approximate surface area is 101 Å². The van der Waals surface area contributed by atoms with Crippen LogP contribution >= 0.6 is 0 Å². The maximum Gasteiger partial charge on any atom is 0.148 e. The van der Waals surface area contributed by atoms with Crippen LogP contribution < -0.4 is 16.6 Å². The Morgan fingerprint density at radius 1 is 1.29 bits per heavy atom. The molecule has 0 aliphatic heterocycles. The highest BCUT2D eigenvalue weighted by Gasteiger charge is 2.37. The van der Waals surface area contributed by atoms with Crippen LogP contribution in [0.3, 0.4) is 0 Å². The maximum absolute atomic E-state index is 9.44. The lowest BCUT2D eigenvalue weighted by atomic mass is 9.77. The molecule has 1 aliphatic rings. The molecule has 2 rings (SSSR count). The van der Waals surface area contributed by atoms with Crippen molar-refractivity contribution in [2.45, 2.75) is 38.6 Å². The molecule has 1 aromatic heterocycles. The summed E-state index contributed by atoms with van der Waals surface area (Å²) in [4.78, 5) is 8.57. The van der Waals surface area contributed by atoms with Crippen molar-refractivity contribution in [1.29, 1.82) is 0 Å². The number of rotatable bonds is 4. The van der Waals surface area contributed by atoms with Gasteiger partial charge in [-0.2, -0.15) is 0 Å². The molecule has 0 spiro atoms. The lowest BCUT2D eigenvalue weighted by Gasteiger charge is -2.41. The van der Waals surface area contributed by atoms with Crippen LogP contribution in [0.5, 0.6) is 0 Å². The summed E-state index contributed by atoms with van der Waals surface area (Å²) >= 11 is 0. The van der Waals surface area contributed by atoms with Gasteiger partial charge in [-0.1, -0.05) is 0 Å². The predicted octanol–water partition coefficient (Wildman–Crippen LogP) is 0.706. The lowest BCUT2D eigenvalue weighted by molar-refractivity contribution is 0.143. The highest BCUT2D eigenvalue weighted by Crippen LogP contribution is 2.35. The normalized spacial score (nSPS) is 17.4. The van der Waals surface area contributed by atoms with Gasteiger partial charge in [0.05, 0.1) is 12.1 Å². The average Bonchev–Trinajstić information content (AvgIpc) is 2.27. The SMILES string of the molecule is Cc1nc(NN)c(C)c(NC2(CO)CCC2)n1. The second-order valence-electron chi connectivity index (χ2n) is 4.65. The Kier molecular flexibility index (Phi) is 3.17. The van der Waals surface area contributed by atoms with Gasteiger partial charge in [-0.05, 0) is 33.1 Å². The van der Waals surface area contributed by atoms with Crippen molar-refractivity contribution in [3.63, 3.8) is 0 Å². The van der Waals surface area contributed by atoms with Crippen LogP contribution in [0.25, 0.3) is 0 Å². The minimum absolute atomic E-state index is 0.126. The number of nitrogens with zero attached hydrogens (tertiary/aromatic N) is 2. The lowest BCUT2D eigenvalue weighted by Crippen LogP contribution is -2.48. The highest BCUT2D eigenvalue weighted by molar-refractivity contribution is 5.58. The van der Waals surface area contributed by atoms with Gasteiger partial charge >= 0.3 is 0 Å². The molecular formula is C11H19N5O. The van der Waals surface area contributed by atoms with Gasteiger partial charge in [0.25, 0.3) is 0 Å². The predicted molar refractivity (Wildman–Crippen MR) is 66.6 cm³/mol. The average molecular weight is 237 g/mol. The van der Waals surface area contributed by atoms with Crippen molar-refractivity contribution in [3.8, 4) is 0 Å². The number of nitrogens with two attached hydrogens (primary N) is 1. The fourth-order valence-corrected chi connectivity index (χ4v) is 2.07. The molecule has 0 aromatic carbocycles. The third-order valence-corrected chi connectivity index (χ3v) is 3.39. The van der Waals surface area contributed by atoms with Crippen LogP contribution in [0.4, 0.5) is 11.6 Å². The van der Waals surface area contributed by atoms with Gasteiger partial charge in [0.15, 0.2) is 0 Å². The minimum Gasteiger partial charge on any atom is -0.394 e. The monoisotopic (exact) mass is 237 g/mol. The number of nitrogen functional groups attached to an aromatic ring is 1. The first-order chi connectivity index (χ1) is 8.10. The Bertz CT molecular complexity index is 411. The molecule has 0 radical (unpaired) electrons. The molecule has 5 N–H and O–H groups in total. The molecule has 94 valence electrons. The van der Waals surface area contributed by atoms with Crippen molar-refractivity contribution in [2.24, 2.45) is 5.84 Å². The van der Waals surface area contributed by atoms with E-state index in [1.54, 1.807) is 0 Å². The van der Waals surface area contributed by atoms with E-state index >= 15 is 0 Å². The van der Waals surface area contributed by atoms with Crippen LogP contribution in [0.15, 0.2) is 0 Å². The van der Waals surface area contributed by atoms with Crippen molar-refractivity contribution >= 4 is 11.6 Å². The molecular weight excluding hydrogens is 218 g/mol. The van der Waals surface area contributed by atoms with Gasteiger partial charge in [0.1, 0.15) is 17.5 Å². The Hall–Kier alpha value is -1.40. The van der Waals surface area contributed by atoms with E-state index < -0.39 is 0 Å². The molecule has 0 atom stereocenters. The molecule has 1 aliphatic carbocycles. The first kappa shape index (κ1) is 12.1. The van der Waals surface area contributed by atoms with E-state index in [0.29, 0.717) is 11.6 Å². The number of hydrazine groups is 1. The van der Waals surface area contributed by atoms with E-state index in [9.17, 15) is 5.11 Å². The van der Waals surface area contributed by atoms with E-state index in [1.165, 1.54) is 0 Å². The van der Waals surface area contributed by atoms with Gasteiger partial charge in [-0.15, -0.1) is 0 Å². The van der Waals surface area contributed by atoms with Crippen molar-refractivity contribution < 1.29 is 5.11 Å². The van der Waals surface area contributed by atoms with Crippen LogP contribution in [0.2, 0.25) is 0 Å². The molecule has 1 aromatic rings. The molecule has 1 fully saturated rings. The maximum atomic E-state index is 9.44. The van der Waals surface area contributed by atoms with Gasteiger partial charge in [-0.3, -0.25) is 0 Å². The molecule has 0 saturated heterocycles. The van der Waals surface area contributed by atoms with E-state index in [1.807, 2.05) is 13.8 Å². The summed E-state index contributed by atoms with van der Waals surface area (Å²) in [7, 11) is 0. The van der Waals surface area contributed by atoms with Crippen LogP contribution in [0.1, 0.15) is 30.7 Å². The van der Waals surface area contributed by atoms with E-state index in [4.69, 9.17) is 5.84 Å². The zero-order chi connectivity index (χ0) is 12.5. The summed E-state index contributed by atoms with van der Waals surface area (Å²) < 4.78 is 0. The fraction of sp³-hybridized carbons (Fsp3) is 0.636. The van der Waals surface area contributed by atoms with Gasteiger partial charge in [0.2, 0.25) is 0 Å². The molecule has 0 bridgehead atoms. The summed E-state index contributed by atoms with van der Waals surface area (Å²) in [6.07, 6.45) is 3.08. The number of hydrogen-bond acceptors (Lipinski definition) is 6. The molecule has 1 saturated carbocycles. The molecule has 17 heavy (non-hydrogen) atoms. The third kappa shape index (κ3) is 2.18. The van der Waals surface area contributed by atoms with E-state index in [0.717, 1.165) is 30.6 Å². The molecule has 6 nitrogen and oxygen atoms in total. The van der Waals surface area contributed by atoms with E-state index in [2.05, 4.69) is 20.7 Å². The number of hydrogen-bond donors (Lipinski definition) is 4. The first-order valence-corrected chi connectivity index (χ1v) is 5.81. The Morgan fingerprint density at radius 2 is 1.94 bits per heavy atom. The van der Waals surface area contributed by atoms with Crippen molar-refractivity contribution in [2.75, 3.05) is 17.3 Å². The van der Waals surface area contributed by atoms with Gasteiger partial charge < -0.3 is 15.8 Å². The zero-order valence-corrected chi connectivity index (χ0v) is 10.2. The fourth-order valence-electron chi connectivity index (χ4n) is 2.07. The Balaban J connectivity index is 2.28. The number of aryl methyl sites for hydroxylation is 1. The Morgan fingerprint density at radius 3 is 2.41 bits per heavy atom. The smallest absolute Gasteiger partial charge is 0.148 e. The summed E-state index contributed by atoms with van der Waals surface area (Å²) in [5.41, 5.74) is 3.22. The van der Waals surface area contributed by atoms with Crippen molar-refractivity contribution in [3.05, 3.63) is 11.4 Å². The topological polar surface area (TPSA) is 96.1 Å². The number of aliphatic hydroxyl groups is 1. The molecule has 0 amide bonds. The number of nitrogens with one attached hydrogen (secondary N) is 2. The number of anilines is 2. The van der Waals surface area contributed by atoms with Crippen LogP contribution in [-0.4, -0.2) is 27.2 Å². The quantitative estimate of drug-likeness (QED) is 0.455. The molecule has 0 unspecified atom stereocenters. The second-order valence-corrected chi connectivity index (χ2v) is 4.65. The second kappa shape index (κ2) is 4.46. The molecule has 6 heteroatoms. The standard InChI is InChI=1S/C11H19N5O/c1-7-9(13-8(2)14-10(7)16-12)15-11(6-17)4-3-5-11/h17H,3-6,12H2,1-2H3,(H2,13,14,15,16). The highest BCUT2D eigenvalue weighted by atomic mass is 16.3. The van der Waals surface area contributed by atoms with Gasteiger partial charge in [-0.25, -0.2) is 15.8 Å². The van der Waals surface area contributed by atoms with Gasteiger partial charge in [0, 0.05) is 5.56 Å². The third-order valence-electron chi connectivity index (χ3n) is 3.39. The summed E-state index contributed by atoms with van der Waals surface area (Å²) in [5.74, 6) is 7.43. The number of aliphatic hydroxyl groups excluding tert-OH is 1.